The van der Waals surface area contributed by atoms with Crippen molar-refractivity contribution in [1.29, 1.82) is 0 Å². The Labute approximate surface area is 81.8 Å². The molecule has 0 radical (unpaired) electrons. The van der Waals surface area contributed by atoms with Gasteiger partial charge in [-0.1, -0.05) is 0 Å². The number of hydrogen-bond acceptors (Lipinski definition) is 3. The third kappa shape index (κ3) is 2.35. The normalized spacial score (nSPS) is 12.6. The summed E-state index contributed by atoms with van der Waals surface area (Å²) in [6.07, 6.45) is -0.797. The number of ether oxygens (including phenoxy) is 1. The second-order valence-electron chi connectivity index (χ2n) is 2.58. The van der Waals surface area contributed by atoms with Crippen molar-refractivity contribution in [1.82, 2.24) is 0 Å². The number of aliphatic hydroxyl groups excluding tert-OH is 1. The fourth-order valence-corrected chi connectivity index (χ4v) is 1.26. The molecule has 0 saturated heterocycles. The summed E-state index contributed by atoms with van der Waals surface area (Å²) in [6.45, 7) is 0. The van der Waals surface area contributed by atoms with Gasteiger partial charge >= 0.3 is 0 Å². The van der Waals surface area contributed by atoms with Crippen LogP contribution in [0.2, 0.25) is 0 Å². The minimum atomic E-state index is -0.797. The van der Waals surface area contributed by atoms with E-state index in [4.69, 9.17) is 4.74 Å². The van der Waals surface area contributed by atoms with E-state index in [0.717, 1.165) is 0 Å². The van der Waals surface area contributed by atoms with E-state index in [1.54, 1.807) is 0 Å². The Morgan fingerprint density at radius 3 is 2.85 bits per heavy atom. The quantitative estimate of drug-likeness (QED) is 0.732. The first-order chi connectivity index (χ1) is 6.19. The van der Waals surface area contributed by atoms with E-state index >= 15 is 0 Å². The van der Waals surface area contributed by atoms with Gasteiger partial charge in [-0.25, -0.2) is 4.39 Å². The van der Waals surface area contributed by atoms with Gasteiger partial charge in [-0.15, -0.1) is 0 Å². The fraction of sp³-hybridized carbons (Fsp3) is 0.333. The highest BCUT2D eigenvalue weighted by molar-refractivity contribution is 7.80. The average molecular weight is 202 g/mol. The lowest BCUT2D eigenvalue weighted by molar-refractivity contribution is 0.199. The van der Waals surface area contributed by atoms with E-state index in [9.17, 15) is 9.50 Å². The molecule has 0 amide bonds. The van der Waals surface area contributed by atoms with Crippen molar-refractivity contribution in [2.45, 2.75) is 6.10 Å². The second kappa shape index (κ2) is 4.48. The van der Waals surface area contributed by atoms with Crippen LogP contribution in [0.25, 0.3) is 0 Å². The summed E-state index contributed by atoms with van der Waals surface area (Å²) in [5, 5.41) is 9.44. The third-order valence-electron chi connectivity index (χ3n) is 1.72. The molecule has 2 nitrogen and oxygen atoms in total. The zero-order chi connectivity index (χ0) is 9.84. The molecular formula is C9H11FO2S. The summed E-state index contributed by atoms with van der Waals surface area (Å²) < 4.78 is 17.8. The molecule has 0 heterocycles. The van der Waals surface area contributed by atoms with Crippen LogP contribution in [0.1, 0.15) is 11.7 Å². The second-order valence-corrected chi connectivity index (χ2v) is 2.95. The molecule has 0 aromatic heterocycles. The maximum atomic E-state index is 12.8. The van der Waals surface area contributed by atoms with Gasteiger partial charge in [0, 0.05) is 11.3 Å². The van der Waals surface area contributed by atoms with Crippen LogP contribution >= 0.6 is 12.6 Å². The first-order valence-corrected chi connectivity index (χ1v) is 4.44. The molecular weight excluding hydrogens is 191 g/mol. The zero-order valence-electron chi connectivity index (χ0n) is 7.20. The van der Waals surface area contributed by atoms with Crippen LogP contribution in [0.4, 0.5) is 4.39 Å². The number of hydrogen-bond donors (Lipinski definition) is 2. The first-order valence-electron chi connectivity index (χ1n) is 3.81. The monoisotopic (exact) mass is 202 g/mol. The van der Waals surface area contributed by atoms with Crippen molar-refractivity contribution < 1.29 is 14.2 Å². The van der Waals surface area contributed by atoms with E-state index in [-0.39, 0.29) is 5.75 Å². The van der Waals surface area contributed by atoms with Crippen LogP contribution in [0.15, 0.2) is 18.2 Å². The molecule has 0 spiro atoms. The van der Waals surface area contributed by atoms with Gasteiger partial charge in [-0.3, -0.25) is 0 Å². The summed E-state index contributed by atoms with van der Waals surface area (Å²) in [5.41, 5.74) is 0.428. The number of rotatable bonds is 3. The Kier molecular flexibility index (Phi) is 3.57. The molecule has 0 bridgehead atoms. The summed E-state index contributed by atoms with van der Waals surface area (Å²) in [6, 6.07) is 4.02. The molecule has 0 fully saturated rings. The standard InChI is InChI=1S/C9H11FO2S/c1-12-9-3-2-6(10)4-7(9)8(11)5-13/h2-4,8,11,13H,5H2,1H3. The predicted octanol–water partition coefficient (Wildman–Crippen LogP) is 1.80. The van der Waals surface area contributed by atoms with Crippen LogP contribution in [0.5, 0.6) is 5.75 Å². The van der Waals surface area contributed by atoms with Crippen LogP contribution in [-0.4, -0.2) is 18.0 Å². The van der Waals surface area contributed by atoms with Crippen LogP contribution in [-0.2, 0) is 0 Å². The van der Waals surface area contributed by atoms with Crippen LogP contribution in [0, 0.1) is 5.82 Å². The van der Waals surface area contributed by atoms with Crippen molar-refractivity contribution in [3.63, 3.8) is 0 Å². The van der Waals surface area contributed by atoms with Crippen molar-refractivity contribution >= 4 is 12.6 Å². The molecule has 72 valence electrons. The highest BCUT2D eigenvalue weighted by Crippen LogP contribution is 2.26. The molecule has 1 aromatic carbocycles. The largest absolute Gasteiger partial charge is 0.496 e. The minimum absolute atomic E-state index is 0.236. The van der Waals surface area contributed by atoms with E-state index in [1.165, 1.54) is 25.3 Å². The number of aliphatic hydroxyl groups is 1. The lowest BCUT2D eigenvalue weighted by atomic mass is 10.1. The molecule has 1 unspecified atom stereocenters. The highest BCUT2D eigenvalue weighted by Gasteiger charge is 2.12. The molecule has 4 heteroatoms. The number of benzene rings is 1. The van der Waals surface area contributed by atoms with Gasteiger partial charge in [0.1, 0.15) is 11.6 Å². The van der Waals surface area contributed by atoms with Crippen LogP contribution in [0.3, 0.4) is 0 Å². The van der Waals surface area contributed by atoms with Crippen LogP contribution < -0.4 is 4.74 Å². The smallest absolute Gasteiger partial charge is 0.124 e. The van der Waals surface area contributed by atoms with Gasteiger partial charge in [0.2, 0.25) is 0 Å². The molecule has 0 saturated carbocycles. The van der Waals surface area contributed by atoms with Crippen molar-refractivity contribution in [2.24, 2.45) is 0 Å². The minimum Gasteiger partial charge on any atom is -0.496 e. The maximum absolute atomic E-state index is 12.8. The summed E-state index contributed by atoms with van der Waals surface area (Å²) in [7, 11) is 1.47. The van der Waals surface area contributed by atoms with Gasteiger partial charge < -0.3 is 9.84 Å². The lowest BCUT2D eigenvalue weighted by Gasteiger charge is -2.12. The van der Waals surface area contributed by atoms with E-state index in [2.05, 4.69) is 12.6 Å². The van der Waals surface area contributed by atoms with Crippen molar-refractivity contribution in [2.75, 3.05) is 12.9 Å². The van der Waals surface area contributed by atoms with Gasteiger partial charge in [0.15, 0.2) is 0 Å². The highest BCUT2D eigenvalue weighted by atomic mass is 32.1. The number of halogens is 1. The Bertz CT molecular complexity index is 291. The molecule has 1 N–H and O–H groups in total. The van der Waals surface area contributed by atoms with Gasteiger partial charge in [0.05, 0.1) is 13.2 Å². The van der Waals surface area contributed by atoms with Gasteiger partial charge in [-0.2, -0.15) is 12.6 Å². The van der Waals surface area contributed by atoms with Crippen molar-refractivity contribution in [3.8, 4) is 5.75 Å². The Morgan fingerprint density at radius 2 is 2.31 bits per heavy atom. The Balaban J connectivity index is 3.07. The van der Waals surface area contributed by atoms with E-state index in [1.807, 2.05) is 0 Å². The third-order valence-corrected chi connectivity index (χ3v) is 2.07. The molecule has 0 aliphatic rings. The molecule has 1 atom stereocenters. The molecule has 0 aliphatic heterocycles. The van der Waals surface area contributed by atoms with Gasteiger partial charge in [-0.05, 0) is 18.2 Å². The predicted molar refractivity (Wildman–Crippen MR) is 51.8 cm³/mol. The van der Waals surface area contributed by atoms with Crippen molar-refractivity contribution in [3.05, 3.63) is 29.6 Å². The fourth-order valence-electron chi connectivity index (χ4n) is 1.06. The number of methoxy groups -OCH3 is 1. The maximum Gasteiger partial charge on any atom is 0.124 e. The Morgan fingerprint density at radius 1 is 1.62 bits per heavy atom. The average Bonchev–Trinajstić information content (AvgIpc) is 2.16. The molecule has 0 aliphatic carbocycles. The zero-order valence-corrected chi connectivity index (χ0v) is 8.09. The van der Waals surface area contributed by atoms with E-state index in [0.29, 0.717) is 11.3 Å². The molecule has 13 heavy (non-hydrogen) atoms. The summed E-state index contributed by atoms with van der Waals surface area (Å²) >= 11 is 3.92. The number of thiol groups is 1. The first kappa shape index (κ1) is 10.3. The Hall–Kier alpha value is -0.740. The van der Waals surface area contributed by atoms with Gasteiger partial charge in [0.25, 0.3) is 0 Å². The lowest BCUT2D eigenvalue weighted by Crippen LogP contribution is -2.02. The topological polar surface area (TPSA) is 29.5 Å². The molecule has 1 rings (SSSR count). The van der Waals surface area contributed by atoms with E-state index < -0.39 is 11.9 Å². The molecule has 1 aromatic rings. The SMILES string of the molecule is COc1ccc(F)cc1C(O)CS. The summed E-state index contributed by atoms with van der Waals surface area (Å²) in [4.78, 5) is 0. The summed E-state index contributed by atoms with van der Waals surface area (Å²) in [5.74, 6) is 0.319.